The number of anilines is 1. The largest absolute Gasteiger partial charge is 0.490 e. The third-order valence-corrected chi connectivity index (χ3v) is 4.15. The molecular formula is C15H22N2O2. The Labute approximate surface area is 114 Å². The number of hydrogen-bond donors (Lipinski definition) is 1. The lowest BCUT2D eigenvalue weighted by atomic mass is 10.1. The van der Waals surface area contributed by atoms with Crippen molar-refractivity contribution in [1.82, 2.24) is 4.90 Å². The van der Waals surface area contributed by atoms with Crippen molar-refractivity contribution < 1.29 is 9.47 Å². The number of rotatable bonds is 4. The van der Waals surface area contributed by atoms with Gasteiger partial charge in [0.1, 0.15) is 12.4 Å². The molecular weight excluding hydrogens is 240 g/mol. The van der Waals surface area contributed by atoms with Crippen LogP contribution >= 0.6 is 0 Å². The first-order valence-corrected chi connectivity index (χ1v) is 7.17. The molecule has 0 amide bonds. The van der Waals surface area contributed by atoms with Gasteiger partial charge in [0.25, 0.3) is 0 Å². The van der Waals surface area contributed by atoms with Crippen molar-refractivity contribution in [3.8, 4) is 5.75 Å². The van der Waals surface area contributed by atoms with Crippen LogP contribution in [0, 0.1) is 0 Å². The van der Waals surface area contributed by atoms with Gasteiger partial charge in [0.15, 0.2) is 0 Å². The predicted molar refractivity (Wildman–Crippen MR) is 75.3 cm³/mol. The topological polar surface area (TPSA) is 47.7 Å². The molecule has 2 N–H and O–H groups in total. The summed E-state index contributed by atoms with van der Waals surface area (Å²) in [6, 6.07) is 8.27. The summed E-state index contributed by atoms with van der Waals surface area (Å²) >= 11 is 0. The van der Waals surface area contributed by atoms with Gasteiger partial charge in [-0.2, -0.15) is 0 Å². The Morgan fingerprint density at radius 2 is 2.21 bits per heavy atom. The van der Waals surface area contributed by atoms with Crippen LogP contribution in [0.1, 0.15) is 19.3 Å². The summed E-state index contributed by atoms with van der Waals surface area (Å²) in [6.07, 6.45) is 4.22. The molecule has 0 spiro atoms. The fourth-order valence-corrected chi connectivity index (χ4v) is 3.17. The monoisotopic (exact) mass is 262 g/mol. The maximum atomic E-state index is 5.87. The SMILES string of the molecule is Nc1ccccc1OCCN1CCOC2CCCC21. The molecule has 0 bridgehead atoms. The molecule has 1 heterocycles. The smallest absolute Gasteiger partial charge is 0.142 e. The second-order valence-corrected chi connectivity index (χ2v) is 5.33. The van der Waals surface area contributed by atoms with Gasteiger partial charge in [0.05, 0.1) is 18.4 Å². The van der Waals surface area contributed by atoms with Crippen molar-refractivity contribution in [1.29, 1.82) is 0 Å². The van der Waals surface area contributed by atoms with E-state index in [1.165, 1.54) is 19.3 Å². The number of morpholine rings is 1. The number of nitrogens with zero attached hydrogens (tertiary/aromatic N) is 1. The van der Waals surface area contributed by atoms with Crippen molar-refractivity contribution in [3.05, 3.63) is 24.3 Å². The molecule has 2 fully saturated rings. The third-order valence-electron chi connectivity index (χ3n) is 4.15. The van der Waals surface area contributed by atoms with Gasteiger partial charge in [-0.1, -0.05) is 12.1 Å². The minimum atomic E-state index is 0.454. The highest BCUT2D eigenvalue weighted by molar-refractivity contribution is 5.51. The van der Waals surface area contributed by atoms with E-state index in [-0.39, 0.29) is 0 Å². The highest BCUT2D eigenvalue weighted by Crippen LogP contribution is 2.29. The number of para-hydroxylation sites is 2. The first-order chi connectivity index (χ1) is 9.34. The van der Waals surface area contributed by atoms with Crippen LogP contribution < -0.4 is 10.5 Å². The van der Waals surface area contributed by atoms with Crippen molar-refractivity contribution in [3.63, 3.8) is 0 Å². The van der Waals surface area contributed by atoms with E-state index in [1.54, 1.807) is 0 Å². The van der Waals surface area contributed by atoms with Crippen LogP contribution in [0.15, 0.2) is 24.3 Å². The molecule has 1 aromatic carbocycles. The van der Waals surface area contributed by atoms with Crippen LogP contribution in [0.3, 0.4) is 0 Å². The molecule has 2 aliphatic rings. The fourth-order valence-electron chi connectivity index (χ4n) is 3.17. The van der Waals surface area contributed by atoms with Gasteiger partial charge in [-0.05, 0) is 31.4 Å². The van der Waals surface area contributed by atoms with E-state index >= 15 is 0 Å². The van der Waals surface area contributed by atoms with E-state index in [0.29, 0.717) is 24.4 Å². The molecule has 2 atom stereocenters. The van der Waals surface area contributed by atoms with Crippen molar-refractivity contribution in [2.75, 3.05) is 32.0 Å². The number of fused-ring (bicyclic) bond motifs is 1. The molecule has 2 unspecified atom stereocenters. The second kappa shape index (κ2) is 5.80. The molecule has 1 aliphatic carbocycles. The zero-order chi connectivity index (χ0) is 13.1. The van der Waals surface area contributed by atoms with E-state index in [9.17, 15) is 0 Å². The highest BCUT2D eigenvalue weighted by Gasteiger charge is 2.35. The summed E-state index contributed by atoms with van der Waals surface area (Å²) in [4.78, 5) is 2.51. The Kier molecular flexibility index (Phi) is 3.89. The van der Waals surface area contributed by atoms with Crippen LogP contribution in [0.5, 0.6) is 5.75 Å². The molecule has 4 heteroatoms. The summed E-state index contributed by atoms with van der Waals surface area (Å²) in [5.41, 5.74) is 6.58. The zero-order valence-corrected chi connectivity index (χ0v) is 11.3. The van der Waals surface area contributed by atoms with Gasteiger partial charge < -0.3 is 15.2 Å². The second-order valence-electron chi connectivity index (χ2n) is 5.33. The van der Waals surface area contributed by atoms with Gasteiger partial charge in [-0.15, -0.1) is 0 Å². The van der Waals surface area contributed by atoms with E-state index in [4.69, 9.17) is 15.2 Å². The Morgan fingerprint density at radius 3 is 3.11 bits per heavy atom. The van der Waals surface area contributed by atoms with Gasteiger partial charge in [-0.3, -0.25) is 4.90 Å². The minimum absolute atomic E-state index is 0.454. The number of nitrogen functional groups attached to an aromatic ring is 1. The first kappa shape index (κ1) is 12.8. The van der Waals surface area contributed by atoms with Crippen LogP contribution in [0.2, 0.25) is 0 Å². The zero-order valence-electron chi connectivity index (χ0n) is 11.3. The molecule has 3 rings (SSSR count). The van der Waals surface area contributed by atoms with E-state index in [2.05, 4.69) is 4.90 Å². The first-order valence-electron chi connectivity index (χ1n) is 7.17. The molecule has 19 heavy (non-hydrogen) atoms. The van der Waals surface area contributed by atoms with Gasteiger partial charge in [0.2, 0.25) is 0 Å². The number of benzene rings is 1. The Balaban J connectivity index is 1.51. The molecule has 0 aromatic heterocycles. The van der Waals surface area contributed by atoms with Crippen LogP contribution in [0.4, 0.5) is 5.69 Å². The van der Waals surface area contributed by atoms with Crippen molar-refractivity contribution in [2.24, 2.45) is 0 Å². The summed E-state index contributed by atoms with van der Waals surface area (Å²) < 4.78 is 11.6. The number of nitrogens with two attached hydrogens (primary N) is 1. The molecule has 4 nitrogen and oxygen atoms in total. The molecule has 1 saturated carbocycles. The van der Waals surface area contributed by atoms with Crippen LogP contribution in [0.25, 0.3) is 0 Å². The lowest BCUT2D eigenvalue weighted by Gasteiger charge is -2.37. The van der Waals surface area contributed by atoms with Crippen LogP contribution in [-0.2, 0) is 4.74 Å². The quantitative estimate of drug-likeness (QED) is 0.842. The van der Waals surface area contributed by atoms with E-state index in [1.807, 2.05) is 24.3 Å². The van der Waals surface area contributed by atoms with E-state index in [0.717, 1.165) is 25.4 Å². The maximum absolute atomic E-state index is 5.87. The standard InChI is InChI=1S/C15H22N2O2/c16-12-4-1-2-6-14(12)18-10-8-17-9-11-19-15-7-3-5-13(15)17/h1-2,4,6,13,15H,3,5,7-11,16H2. The lowest BCUT2D eigenvalue weighted by Crippen LogP contribution is -2.49. The maximum Gasteiger partial charge on any atom is 0.142 e. The van der Waals surface area contributed by atoms with E-state index < -0.39 is 0 Å². The van der Waals surface area contributed by atoms with Gasteiger partial charge >= 0.3 is 0 Å². The summed E-state index contributed by atoms with van der Waals surface area (Å²) in [5.74, 6) is 0.790. The summed E-state index contributed by atoms with van der Waals surface area (Å²) in [6.45, 7) is 3.53. The predicted octanol–water partition coefficient (Wildman–Crippen LogP) is 1.90. The summed E-state index contributed by atoms with van der Waals surface area (Å²) in [5, 5.41) is 0. The van der Waals surface area contributed by atoms with Crippen molar-refractivity contribution in [2.45, 2.75) is 31.4 Å². The average molecular weight is 262 g/mol. The summed E-state index contributed by atoms with van der Waals surface area (Å²) in [7, 11) is 0. The van der Waals surface area contributed by atoms with Crippen molar-refractivity contribution >= 4 is 5.69 Å². The number of ether oxygens (including phenoxy) is 2. The Hall–Kier alpha value is -1.26. The third kappa shape index (κ3) is 2.85. The Bertz CT molecular complexity index is 424. The Morgan fingerprint density at radius 1 is 1.32 bits per heavy atom. The highest BCUT2D eigenvalue weighted by atomic mass is 16.5. The molecule has 0 radical (unpaired) electrons. The lowest BCUT2D eigenvalue weighted by molar-refractivity contribution is -0.0583. The molecule has 1 aromatic rings. The average Bonchev–Trinajstić information content (AvgIpc) is 2.90. The molecule has 1 aliphatic heterocycles. The molecule has 1 saturated heterocycles. The number of hydrogen-bond acceptors (Lipinski definition) is 4. The van der Waals surface area contributed by atoms with Gasteiger partial charge in [-0.25, -0.2) is 0 Å². The normalized spacial score (nSPS) is 27.2. The van der Waals surface area contributed by atoms with Gasteiger partial charge in [0, 0.05) is 19.1 Å². The fraction of sp³-hybridized carbons (Fsp3) is 0.600. The minimum Gasteiger partial charge on any atom is -0.490 e. The van der Waals surface area contributed by atoms with Crippen LogP contribution in [-0.4, -0.2) is 43.3 Å². The molecule has 104 valence electrons.